The summed E-state index contributed by atoms with van der Waals surface area (Å²) in [4.78, 5) is 20.7. The van der Waals surface area contributed by atoms with Gasteiger partial charge in [-0.1, -0.05) is 12.1 Å². The van der Waals surface area contributed by atoms with E-state index in [-0.39, 0.29) is 5.69 Å². The first kappa shape index (κ1) is 18.9. The number of nitrogens with one attached hydrogen (secondary N) is 2. The summed E-state index contributed by atoms with van der Waals surface area (Å²) in [6.45, 7) is 7.95. The molecule has 0 unspecified atom stereocenters. The molecular formula is C17H23N5O2S. The molecule has 0 aliphatic heterocycles. The van der Waals surface area contributed by atoms with Gasteiger partial charge in [-0.05, 0) is 26.3 Å². The second-order valence-corrected chi connectivity index (χ2v) is 6.84. The number of guanidine groups is 1. The number of rotatable bonds is 7. The third kappa shape index (κ3) is 5.82. The quantitative estimate of drug-likeness (QED) is 0.342. The molecule has 1 heterocycles. The molecule has 0 saturated carbocycles. The van der Waals surface area contributed by atoms with E-state index in [0.717, 1.165) is 35.8 Å². The number of thiazole rings is 1. The Bertz CT molecular complexity index is 738. The van der Waals surface area contributed by atoms with E-state index in [1.807, 2.05) is 19.9 Å². The second-order valence-electron chi connectivity index (χ2n) is 5.55. The van der Waals surface area contributed by atoms with Crippen molar-refractivity contribution in [1.82, 2.24) is 15.6 Å². The van der Waals surface area contributed by atoms with Crippen LogP contribution in [-0.4, -0.2) is 29.0 Å². The van der Waals surface area contributed by atoms with Gasteiger partial charge in [-0.3, -0.25) is 10.1 Å². The highest BCUT2D eigenvalue weighted by atomic mass is 32.1. The van der Waals surface area contributed by atoms with E-state index in [1.54, 1.807) is 23.5 Å². The van der Waals surface area contributed by atoms with Gasteiger partial charge < -0.3 is 10.6 Å². The zero-order valence-corrected chi connectivity index (χ0v) is 15.5. The standard InChI is InChI=1S/C17H23N5O2S/c1-4-18-17(19-9-8-16-21-12(2)13(3)25-16)20-11-14-6-5-7-15(10-14)22(23)24/h5-7,10H,4,8-9,11H2,1-3H3,(H2,18,19,20). The minimum atomic E-state index is -0.394. The third-order valence-electron chi connectivity index (χ3n) is 3.59. The van der Waals surface area contributed by atoms with Crippen LogP contribution in [0.2, 0.25) is 0 Å². The molecule has 0 atom stereocenters. The van der Waals surface area contributed by atoms with Crippen molar-refractivity contribution >= 4 is 23.0 Å². The molecule has 0 radical (unpaired) electrons. The van der Waals surface area contributed by atoms with Crippen molar-refractivity contribution in [2.45, 2.75) is 33.7 Å². The summed E-state index contributed by atoms with van der Waals surface area (Å²) in [6, 6.07) is 6.54. The average Bonchev–Trinajstić information content (AvgIpc) is 2.91. The lowest BCUT2D eigenvalue weighted by Crippen LogP contribution is -2.38. The maximum Gasteiger partial charge on any atom is 0.269 e. The summed E-state index contributed by atoms with van der Waals surface area (Å²) in [7, 11) is 0. The molecule has 0 spiro atoms. The van der Waals surface area contributed by atoms with Crippen LogP contribution in [0.1, 0.15) is 28.1 Å². The van der Waals surface area contributed by atoms with E-state index in [4.69, 9.17) is 0 Å². The van der Waals surface area contributed by atoms with Crippen LogP contribution in [0.15, 0.2) is 29.3 Å². The van der Waals surface area contributed by atoms with Gasteiger partial charge in [-0.2, -0.15) is 0 Å². The van der Waals surface area contributed by atoms with Gasteiger partial charge in [0.1, 0.15) is 0 Å². The van der Waals surface area contributed by atoms with E-state index < -0.39 is 4.92 Å². The summed E-state index contributed by atoms with van der Waals surface area (Å²) in [5, 5.41) is 18.4. The molecule has 1 aromatic carbocycles. The SMILES string of the molecule is CCNC(=NCc1cccc([N+](=O)[O-])c1)NCCc1nc(C)c(C)s1. The second kappa shape index (κ2) is 9.12. The van der Waals surface area contributed by atoms with Crippen molar-refractivity contribution in [1.29, 1.82) is 0 Å². The van der Waals surface area contributed by atoms with Crippen molar-refractivity contribution in [3.8, 4) is 0 Å². The fraction of sp³-hybridized carbons (Fsp3) is 0.412. The molecule has 2 N–H and O–H groups in total. The van der Waals surface area contributed by atoms with Crippen molar-refractivity contribution < 1.29 is 4.92 Å². The normalized spacial score (nSPS) is 11.4. The molecular weight excluding hydrogens is 338 g/mol. The molecule has 0 bridgehead atoms. The third-order valence-corrected chi connectivity index (χ3v) is 4.72. The van der Waals surface area contributed by atoms with Gasteiger partial charge in [-0.15, -0.1) is 11.3 Å². The van der Waals surface area contributed by atoms with Gasteiger partial charge in [0.25, 0.3) is 5.69 Å². The first-order valence-electron chi connectivity index (χ1n) is 8.18. The molecule has 2 rings (SSSR count). The summed E-state index contributed by atoms with van der Waals surface area (Å²) in [6.07, 6.45) is 0.834. The van der Waals surface area contributed by atoms with Gasteiger partial charge in [0.15, 0.2) is 5.96 Å². The van der Waals surface area contributed by atoms with E-state index >= 15 is 0 Å². The monoisotopic (exact) mass is 361 g/mol. The summed E-state index contributed by atoms with van der Waals surface area (Å²) < 4.78 is 0. The largest absolute Gasteiger partial charge is 0.357 e. The number of nitrogens with zero attached hydrogens (tertiary/aromatic N) is 3. The minimum absolute atomic E-state index is 0.0835. The summed E-state index contributed by atoms with van der Waals surface area (Å²) in [5.41, 5.74) is 1.98. The van der Waals surface area contributed by atoms with Crippen molar-refractivity contribution in [2.75, 3.05) is 13.1 Å². The number of non-ortho nitro benzene ring substituents is 1. The number of aryl methyl sites for hydroxylation is 2. The summed E-state index contributed by atoms with van der Waals surface area (Å²) in [5.74, 6) is 0.694. The van der Waals surface area contributed by atoms with Crippen molar-refractivity contribution in [3.63, 3.8) is 0 Å². The number of nitro benzene ring substituents is 1. The Labute approximate surface area is 151 Å². The van der Waals surface area contributed by atoms with Crippen LogP contribution in [-0.2, 0) is 13.0 Å². The molecule has 25 heavy (non-hydrogen) atoms. The first-order chi connectivity index (χ1) is 12.0. The molecule has 0 fully saturated rings. The average molecular weight is 361 g/mol. The van der Waals surface area contributed by atoms with Crippen LogP contribution in [0.25, 0.3) is 0 Å². The Hall–Kier alpha value is -2.48. The van der Waals surface area contributed by atoms with Gasteiger partial charge in [0.05, 0.1) is 22.2 Å². The van der Waals surface area contributed by atoms with Crippen LogP contribution >= 0.6 is 11.3 Å². The number of aliphatic imine (C=N–C) groups is 1. The highest BCUT2D eigenvalue weighted by molar-refractivity contribution is 7.11. The van der Waals surface area contributed by atoms with Gasteiger partial charge >= 0.3 is 0 Å². The van der Waals surface area contributed by atoms with Gasteiger partial charge in [0, 0.05) is 36.5 Å². The van der Waals surface area contributed by atoms with E-state index in [0.29, 0.717) is 12.5 Å². The maximum absolute atomic E-state index is 10.8. The molecule has 0 aliphatic rings. The van der Waals surface area contributed by atoms with E-state index in [2.05, 4.69) is 27.5 Å². The van der Waals surface area contributed by atoms with Gasteiger partial charge in [-0.25, -0.2) is 9.98 Å². The maximum atomic E-state index is 10.8. The molecule has 1 aromatic heterocycles. The van der Waals surface area contributed by atoms with Crippen LogP contribution in [0.3, 0.4) is 0 Å². The Kier molecular flexibility index (Phi) is 6.88. The minimum Gasteiger partial charge on any atom is -0.357 e. The smallest absolute Gasteiger partial charge is 0.269 e. The number of hydrogen-bond acceptors (Lipinski definition) is 5. The van der Waals surface area contributed by atoms with Crippen LogP contribution in [0, 0.1) is 24.0 Å². The lowest BCUT2D eigenvalue weighted by Gasteiger charge is -2.10. The molecule has 2 aromatic rings. The molecule has 7 nitrogen and oxygen atoms in total. The van der Waals surface area contributed by atoms with E-state index in [1.165, 1.54) is 10.9 Å². The predicted molar refractivity (Wildman–Crippen MR) is 101 cm³/mol. The number of benzene rings is 1. The Morgan fingerprint density at radius 1 is 1.36 bits per heavy atom. The Balaban J connectivity index is 1.93. The Morgan fingerprint density at radius 2 is 2.16 bits per heavy atom. The molecule has 8 heteroatoms. The zero-order chi connectivity index (χ0) is 18.2. The highest BCUT2D eigenvalue weighted by Gasteiger charge is 2.06. The topological polar surface area (TPSA) is 92.5 Å². The molecule has 0 saturated heterocycles. The number of hydrogen-bond donors (Lipinski definition) is 2. The van der Waals surface area contributed by atoms with Gasteiger partial charge in [0.2, 0.25) is 0 Å². The number of nitro groups is 1. The summed E-state index contributed by atoms with van der Waals surface area (Å²) >= 11 is 1.72. The van der Waals surface area contributed by atoms with Crippen LogP contribution in [0.4, 0.5) is 5.69 Å². The fourth-order valence-electron chi connectivity index (χ4n) is 2.21. The van der Waals surface area contributed by atoms with E-state index in [9.17, 15) is 10.1 Å². The fourth-order valence-corrected chi connectivity index (χ4v) is 3.15. The first-order valence-corrected chi connectivity index (χ1v) is 8.99. The Morgan fingerprint density at radius 3 is 2.80 bits per heavy atom. The van der Waals surface area contributed by atoms with Crippen molar-refractivity contribution in [2.24, 2.45) is 4.99 Å². The highest BCUT2D eigenvalue weighted by Crippen LogP contribution is 2.16. The zero-order valence-electron chi connectivity index (χ0n) is 14.7. The molecule has 134 valence electrons. The lowest BCUT2D eigenvalue weighted by atomic mass is 10.2. The van der Waals surface area contributed by atoms with Crippen molar-refractivity contribution in [3.05, 3.63) is 55.5 Å². The lowest BCUT2D eigenvalue weighted by molar-refractivity contribution is -0.384. The van der Waals surface area contributed by atoms with Crippen LogP contribution < -0.4 is 10.6 Å². The molecule has 0 amide bonds. The molecule has 0 aliphatic carbocycles. The number of aromatic nitrogens is 1. The van der Waals surface area contributed by atoms with Crippen LogP contribution in [0.5, 0.6) is 0 Å². The predicted octanol–water partition coefficient (Wildman–Crippen LogP) is 2.97.